The Morgan fingerprint density at radius 3 is 2.11 bits per heavy atom. The predicted octanol–water partition coefficient (Wildman–Crippen LogP) is 0.0954. The monoisotopic (exact) mass is 262 g/mol. The molecule has 104 valence electrons. The third-order valence-electron chi connectivity index (χ3n) is 1.69. The van der Waals surface area contributed by atoms with Crippen LogP contribution in [0.15, 0.2) is 0 Å². The number of aliphatic hydroxyl groups excluding tert-OH is 1. The van der Waals surface area contributed by atoms with Gasteiger partial charge in [0.15, 0.2) is 12.2 Å². The van der Waals surface area contributed by atoms with Crippen LogP contribution in [0.25, 0.3) is 0 Å². The number of ether oxygens (including phenoxy) is 2. The predicted molar refractivity (Wildman–Crippen MR) is 59.7 cm³/mol. The van der Waals surface area contributed by atoms with E-state index in [1.807, 2.05) is 0 Å². The van der Waals surface area contributed by atoms with Crippen molar-refractivity contribution in [2.24, 2.45) is 0 Å². The largest absolute Gasteiger partial charge is 0.479 e. The zero-order valence-electron chi connectivity index (χ0n) is 10.8. The summed E-state index contributed by atoms with van der Waals surface area (Å²) in [5, 5.41) is 17.3. The van der Waals surface area contributed by atoms with Crippen molar-refractivity contribution >= 4 is 17.9 Å². The van der Waals surface area contributed by atoms with Crippen LogP contribution < -0.4 is 0 Å². The van der Waals surface area contributed by atoms with E-state index in [4.69, 9.17) is 14.9 Å². The van der Waals surface area contributed by atoms with Gasteiger partial charge in [-0.2, -0.15) is 0 Å². The van der Waals surface area contributed by atoms with Gasteiger partial charge < -0.3 is 19.7 Å². The number of aliphatic hydroxyl groups is 1. The van der Waals surface area contributed by atoms with E-state index in [-0.39, 0.29) is 0 Å². The lowest BCUT2D eigenvalue weighted by molar-refractivity contribution is -0.176. The molecule has 0 aliphatic heterocycles. The summed E-state index contributed by atoms with van der Waals surface area (Å²) in [5.41, 5.74) is -0.710. The van der Waals surface area contributed by atoms with Crippen LogP contribution in [-0.4, -0.2) is 45.9 Å². The third-order valence-corrected chi connectivity index (χ3v) is 1.69. The second-order valence-corrected chi connectivity index (χ2v) is 4.72. The molecule has 0 saturated heterocycles. The summed E-state index contributed by atoms with van der Waals surface area (Å²) in [6.07, 6.45) is -3.72. The fraction of sp³-hybridized carbons (Fsp3) is 0.727. The van der Waals surface area contributed by atoms with Gasteiger partial charge in [-0.3, -0.25) is 4.79 Å². The van der Waals surface area contributed by atoms with Gasteiger partial charge in [-0.1, -0.05) is 0 Å². The molecule has 0 aromatic heterocycles. The van der Waals surface area contributed by atoms with E-state index in [2.05, 4.69) is 4.74 Å². The molecule has 7 heteroatoms. The lowest BCUT2D eigenvalue weighted by atomic mass is 10.2. The van der Waals surface area contributed by atoms with Crippen LogP contribution in [0.4, 0.5) is 0 Å². The Hall–Kier alpha value is -1.63. The van der Waals surface area contributed by atoms with Gasteiger partial charge in [0.05, 0.1) is 6.42 Å². The Labute approximate surface area is 105 Å². The first-order chi connectivity index (χ1) is 8.03. The molecule has 18 heavy (non-hydrogen) atoms. The molecule has 0 spiro atoms. The molecule has 0 heterocycles. The van der Waals surface area contributed by atoms with Gasteiger partial charge in [0.25, 0.3) is 0 Å². The number of hydrogen-bond acceptors (Lipinski definition) is 6. The highest BCUT2D eigenvalue weighted by molar-refractivity contribution is 5.83. The van der Waals surface area contributed by atoms with Crippen LogP contribution in [0.2, 0.25) is 0 Å². The number of aliphatic carboxylic acids is 1. The molecular weight excluding hydrogens is 244 g/mol. The van der Waals surface area contributed by atoms with Gasteiger partial charge in [-0.05, 0) is 27.7 Å². The highest BCUT2D eigenvalue weighted by atomic mass is 16.6. The summed E-state index contributed by atoms with van der Waals surface area (Å²) < 4.78 is 9.60. The summed E-state index contributed by atoms with van der Waals surface area (Å²) in [6.45, 7) is 6.29. The standard InChI is InChI=1S/C11H18O7/c1-6(10(16)18-11(2,3)4)17-8(13)5-7(12)9(14)15/h6-7,12H,5H2,1-4H3,(H,14,15). The maximum atomic E-state index is 11.4. The van der Waals surface area contributed by atoms with Gasteiger partial charge in [-0.25, -0.2) is 9.59 Å². The lowest BCUT2D eigenvalue weighted by Gasteiger charge is -2.22. The Morgan fingerprint density at radius 2 is 1.72 bits per heavy atom. The maximum Gasteiger partial charge on any atom is 0.347 e. The summed E-state index contributed by atoms with van der Waals surface area (Å²) in [6, 6.07) is 0. The Morgan fingerprint density at radius 1 is 1.22 bits per heavy atom. The molecule has 2 atom stereocenters. The van der Waals surface area contributed by atoms with Crippen LogP contribution in [-0.2, 0) is 23.9 Å². The van der Waals surface area contributed by atoms with Crippen molar-refractivity contribution in [3.05, 3.63) is 0 Å². The minimum atomic E-state index is -1.84. The minimum Gasteiger partial charge on any atom is -0.479 e. The van der Waals surface area contributed by atoms with Gasteiger partial charge >= 0.3 is 17.9 Å². The van der Waals surface area contributed by atoms with Gasteiger partial charge in [-0.15, -0.1) is 0 Å². The van der Waals surface area contributed by atoms with E-state index >= 15 is 0 Å². The third kappa shape index (κ3) is 6.85. The van der Waals surface area contributed by atoms with Crippen molar-refractivity contribution in [2.45, 2.75) is 51.9 Å². The van der Waals surface area contributed by atoms with Gasteiger partial charge in [0.1, 0.15) is 5.60 Å². The van der Waals surface area contributed by atoms with Crippen molar-refractivity contribution < 1.29 is 34.1 Å². The average Bonchev–Trinajstić information content (AvgIpc) is 2.14. The van der Waals surface area contributed by atoms with Crippen molar-refractivity contribution in [2.75, 3.05) is 0 Å². The van der Waals surface area contributed by atoms with Crippen LogP contribution in [0.3, 0.4) is 0 Å². The van der Waals surface area contributed by atoms with E-state index in [1.54, 1.807) is 20.8 Å². The smallest absolute Gasteiger partial charge is 0.347 e. The second kappa shape index (κ2) is 6.34. The highest BCUT2D eigenvalue weighted by Gasteiger charge is 2.26. The Kier molecular flexibility index (Phi) is 5.77. The normalized spacial score (nSPS) is 14.5. The minimum absolute atomic E-state index is 0.710. The Bertz CT molecular complexity index is 329. The van der Waals surface area contributed by atoms with Crippen LogP contribution in [0.1, 0.15) is 34.1 Å². The number of carbonyl (C=O) groups is 3. The summed E-state index contributed by atoms with van der Waals surface area (Å²) in [7, 11) is 0. The zero-order valence-corrected chi connectivity index (χ0v) is 10.8. The van der Waals surface area contributed by atoms with Crippen molar-refractivity contribution in [1.29, 1.82) is 0 Å². The molecule has 0 fully saturated rings. The van der Waals surface area contributed by atoms with Crippen molar-refractivity contribution in [1.82, 2.24) is 0 Å². The molecular formula is C11H18O7. The number of hydrogen-bond donors (Lipinski definition) is 2. The number of rotatable bonds is 5. The molecule has 2 N–H and O–H groups in total. The molecule has 0 aliphatic carbocycles. The molecule has 0 saturated carbocycles. The summed E-state index contributed by atoms with van der Waals surface area (Å²) >= 11 is 0. The molecule has 0 amide bonds. The topological polar surface area (TPSA) is 110 Å². The first kappa shape index (κ1) is 16.4. The second-order valence-electron chi connectivity index (χ2n) is 4.72. The van der Waals surface area contributed by atoms with Crippen molar-refractivity contribution in [3.8, 4) is 0 Å². The van der Waals surface area contributed by atoms with Gasteiger partial charge in [0.2, 0.25) is 0 Å². The van der Waals surface area contributed by atoms with E-state index in [0.717, 1.165) is 0 Å². The van der Waals surface area contributed by atoms with Crippen LogP contribution in [0.5, 0.6) is 0 Å². The molecule has 0 aromatic carbocycles. The van der Waals surface area contributed by atoms with Crippen molar-refractivity contribution in [3.63, 3.8) is 0 Å². The number of carbonyl (C=O) groups excluding carboxylic acids is 2. The van der Waals surface area contributed by atoms with Gasteiger partial charge in [0, 0.05) is 0 Å². The number of esters is 2. The van der Waals surface area contributed by atoms with E-state index in [9.17, 15) is 14.4 Å². The molecule has 0 aliphatic rings. The first-order valence-electron chi connectivity index (χ1n) is 5.36. The molecule has 0 aromatic rings. The molecule has 0 radical (unpaired) electrons. The van der Waals surface area contributed by atoms with E-state index in [1.165, 1.54) is 6.92 Å². The fourth-order valence-electron chi connectivity index (χ4n) is 0.923. The number of carboxylic acids is 1. The summed E-state index contributed by atoms with van der Waals surface area (Å²) in [5.74, 6) is -3.25. The molecule has 0 rings (SSSR count). The SMILES string of the molecule is CC(OC(=O)CC(O)C(=O)O)C(=O)OC(C)(C)C. The Balaban J connectivity index is 4.23. The number of carboxylic acid groups (broad SMARTS) is 1. The van der Waals surface area contributed by atoms with E-state index < -0.39 is 42.1 Å². The molecule has 7 nitrogen and oxygen atoms in total. The van der Waals surface area contributed by atoms with Crippen LogP contribution in [0, 0.1) is 0 Å². The molecule has 2 unspecified atom stereocenters. The highest BCUT2D eigenvalue weighted by Crippen LogP contribution is 2.10. The quantitative estimate of drug-likeness (QED) is 0.676. The first-order valence-corrected chi connectivity index (χ1v) is 5.36. The lowest BCUT2D eigenvalue weighted by Crippen LogP contribution is -2.34. The zero-order chi connectivity index (χ0) is 14.5. The molecule has 0 bridgehead atoms. The van der Waals surface area contributed by atoms with Crippen LogP contribution >= 0.6 is 0 Å². The fourth-order valence-corrected chi connectivity index (χ4v) is 0.923. The maximum absolute atomic E-state index is 11.4. The average molecular weight is 262 g/mol. The summed E-state index contributed by atoms with van der Waals surface area (Å²) in [4.78, 5) is 32.9. The van der Waals surface area contributed by atoms with E-state index in [0.29, 0.717) is 0 Å².